The molecular formula is C9H18FN. The first-order valence-electron chi connectivity index (χ1n) is 4.43. The molecule has 0 spiro atoms. The summed E-state index contributed by atoms with van der Waals surface area (Å²) >= 11 is 0. The van der Waals surface area contributed by atoms with Gasteiger partial charge in [0, 0.05) is 12.6 Å². The summed E-state index contributed by atoms with van der Waals surface area (Å²) in [6, 6.07) is 0.570. The molecule has 0 bridgehead atoms. The predicted molar refractivity (Wildman–Crippen MR) is 45.4 cm³/mol. The smallest absolute Gasteiger partial charge is 0.102 e. The van der Waals surface area contributed by atoms with Crippen LogP contribution < -0.4 is 5.32 Å². The molecule has 0 saturated heterocycles. The molecule has 1 N–H and O–H groups in total. The molecule has 1 rings (SSSR count). The van der Waals surface area contributed by atoms with Crippen LogP contribution in [0, 0.1) is 5.41 Å². The third kappa shape index (κ3) is 2.78. The second-order valence-corrected chi connectivity index (χ2v) is 4.25. The summed E-state index contributed by atoms with van der Waals surface area (Å²) in [6.45, 7) is 4.85. The third-order valence-electron chi connectivity index (χ3n) is 2.50. The first-order valence-corrected chi connectivity index (χ1v) is 4.43. The maximum atomic E-state index is 11.8. The van der Waals surface area contributed by atoms with Gasteiger partial charge >= 0.3 is 0 Å². The fourth-order valence-corrected chi connectivity index (χ4v) is 1.87. The largest absolute Gasteiger partial charge is 0.311 e. The Hall–Kier alpha value is -0.110. The molecule has 66 valence electrons. The Balaban J connectivity index is 2.20. The number of hydrogen-bond donors (Lipinski definition) is 1. The van der Waals surface area contributed by atoms with Crippen molar-refractivity contribution in [3.05, 3.63) is 0 Å². The van der Waals surface area contributed by atoms with Crippen molar-refractivity contribution in [1.29, 1.82) is 0 Å². The van der Waals surface area contributed by atoms with Crippen molar-refractivity contribution in [2.24, 2.45) is 5.41 Å². The molecule has 0 radical (unpaired) electrons. The van der Waals surface area contributed by atoms with Gasteiger partial charge in [0.2, 0.25) is 0 Å². The van der Waals surface area contributed by atoms with Crippen molar-refractivity contribution in [1.82, 2.24) is 5.32 Å². The minimum atomic E-state index is -0.239. The molecule has 0 amide bonds. The number of alkyl halides is 1. The molecule has 2 heteroatoms. The van der Waals surface area contributed by atoms with Gasteiger partial charge in [0.05, 0.1) is 0 Å². The highest BCUT2D eigenvalue weighted by atomic mass is 19.1. The van der Waals surface area contributed by atoms with Gasteiger partial charge in [-0.3, -0.25) is 0 Å². The molecule has 0 heterocycles. The number of halogens is 1. The van der Waals surface area contributed by atoms with E-state index in [1.165, 1.54) is 19.3 Å². The van der Waals surface area contributed by atoms with Gasteiger partial charge in [0.1, 0.15) is 6.67 Å². The summed E-state index contributed by atoms with van der Waals surface area (Å²) in [5.41, 5.74) is 0.480. The lowest BCUT2D eigenvalue weighted by Crippen LogP contribution is -2.29. The van der Waals surface area contributed by atoms with Crippen LogP contribution in [0.3, 0.4) is 0 Å². The van der Waals surface area contributed by atoms with E-state index in [4.69, 9.17) is 0 Å². The van der Waals surface area contributed by atoms with Crippen molar-refractivity contribution in [2.75, 3.05) is 13.2 Å². The predicted octanol–water partition coefficient (Wildman–Crippen LogP) is 2.12. The van der Waals surface area contributed by atoms with Crippen LogP contribution in [-0.4, -0.2) is 19.3 Å². The Morgan fingerprint density at radius 2 is 2.27 bits per heavy atom. The fourth-order valence-electron chi connectivity index (χ4n) is 1.87. The summed E-state index contributed by atoms with van der Waals surface area (Å²) in [7, 11) is 0. The molecule has 11 heavy (non-hydrogen) atoms. The standard InChI is InChI=1S/C9H18FN/c1-9(2)4-3-8(7-9)11-6-5-10/h8,11H,3-7H2,1-2H3. The lowest BCUT2D eigenvalue weighted by molar-refractivity contribution is 0.358. The van der Waals surface area contributed by atoms with Gasteiger partial charge in [-0.05, 0) is 24.7 Å². The summed E-state index contributed by atoms with van der Waals surface area (Å²) < 4.78 is 11.8. The van der Waals surface area contributed by atoms with Gasteiger partial charge < -0.3 is 5.32 Å². The SMILES string of the molecule is CC1(C)CCC(NCCF)C1. The Bertz CT molecular complexity index is 123. The zero-order chi connectivity index (χ0) is 8.32. The van der Waals surface area contributed by atoms with E-state index in [0.29, 0.717) is 18.0 Å². The number of hydrogen-bond acceptors (Lipinski definition) is 1. The minimum Gasteiger partial charge on any atom is -0.311 e. The third-order valence-corrected chi connectivity index (χ3v) is 2.50. The first-order chi connectivity index (χ1) is 5.14. The molecule has 0 aliphatic heterocycles. The van der Waals surface area contributed by atoms with E-state index in [1.54, 1.807) is 0 Å². The molecule has 1 aliphatic rings. The Morgan fingerprint density at radius 1 is 1.55 bits per heavy atom. The highest BCUT2D eigenvalue weighted by Crippen LogP contribution is 2.36. The Kier molecular flexibility index (Phi) is 2.88. The maximum absolute atomic E-state index is 11.8. The van der Waals surface area contributed by atoms with Crippen LogP contribution in [0.4, 0.5) is 4.39 Å². The molecule has 1 unspecified atom stereocenters. The van der Waals surface area contributed by atoms with E-state index < -0.39 is 0 Å². The minimum absolute atomic E-state index is 0.239. The topological polar surface area (TPSA) is 12.0 Å². The van der Waals surface area contributed by atoms with E-state index in [2.05, 4.69) is 19.2 Å². The molecule has 1 atom stereocenters. The van der Waals surface area contributed by atoms with Crippen LogP contribution in [0.25, 0.3) is 0 Å². The summed E-state index contributed by atoms with van der Waals surface area (Å²) in [5, 5.41) is 3.21. The molecule has 1 fully saturated rings. The van der Waals surface area contributed by atoms with E-state index >= 15 is 0 Å². The van der Waals surface area contributed by atoms with Gasteiger partial charge in [0.25, 0.3) is 0 Å². The van der Waals surface area contributed by atoms with Crippen LogP contribution in [0.2, 0.25) is 0 Å². The molecular weight excluding hydrogens is 141 g/mol. The Morgan fingerprint density at radius 3 is 2.73 bits per heavy atom. The van der Waals surface area contributed by atoms with E-state index in [-0.39, 0.29) is 6.67 Å². The molecule has 1 saturated carbocycles. The zero-order valence-corrected chi connectivity index (χ0v) is 7.49. The van der Waals surface area contributed by atoms with Gasteiger partial charge in [-0.1, -0.05) is 13.8 Å². The van der Waals surface area contributed by atoms with Gasteiger partial charge in [-0.15, -0.1) is 0 Å². The molecule has 1 nitrogen and oxygen atoms in total. The monoisotopic (exact) mass is 159 g/mol. The van der Waals surface area contributed by atoms with E-state index in [0.717, 1.165) is 0 Å². The van der Waals surface area contributed by atoms with Crippen molar-refractivity contribution < 1.29 is 4.39 Å². The van der Waals surface area contributed by atoms with Crippen molar-refractivity contribution in [3.8, 4) is 0 Å². The van der Waals surface area contributed by atoms with Gasteiger partial charge in [-0.25, -0.2) is 4.39 Å². The fraction of sp³-hybridized carbons (Fsp3) is 1.00. The number of nitrogens with one attached hydrogen (secondary N) is 1. The van der Waals surface area contributed by atoms with Crippen LogP contribution >= 0.6 is 0 Å². The van der Waals surface area contributed by atoms with Crippen molar-refractivity contribution >= 4 is 0 Å². The molecule has 1 aliphatic carbocycles. The van der Waals surface area contributed by atoms with Crippen LogP contribution in [-0.2, 0) is 0 Å². The summed E-state index contributed by atoms with van der Waals surface area (Å²) in [5.74, 6) is 0. The maximum Gasteiger partial charge on any atom is 0.102 e. The average molecular weight is 159 g/mol. The van der Waals surface area contributed by atoms with E-state index in [9.17, 15) is 4.39 Å². The second-order valence-electron chi connectivity index (χ2n) is 4.25. The summed E-state index contributed by atoms with van der Waals surface area (Å²) in [6.07, 6.45) is 3.69. The highest BCUT2D eigenvalue weighted by Gasteiger charge is 2.30. The quantitative estimate of drug-likeness (QED) is 0.665. The van der Waals surface area contributed by atoms with Gasteiger partial charge in [0.15, 0.2) is 0 Å². The molecule has 0 aromatic rings. The van der Waals surface area contributed by atoms with Crippen molar-refractivity contribution in [3.63, 3.8) is 0 Å². The van der Waals surface area contributed by atoms with Crippen LogP contribution in [0.1, 0.15) is 33.1 Å². The Labute approximate surface area is 68.4 Å². The zero-order valence-electron chi connectivity index (χ0n) is 7.49. The highest BCUT2D eigenvalue weighted by molar-refractivity contribution is 4.85. The normalized spacial score (nSPS) is 29.2. The second kappa shape index (κ2) is 3.53. The van der Waals surface area contributed by atoms with E-state index in [1.807, 2.05) is 0 Å². The van der Waals surface area contributed by atoms with Crippen LogP contribution in [0.15, 0.2) is 0 Å². The lowest BCUT2D eigenvalue weighted by atomic mass is 9.92. The lowest BCUT2D eigenvalue weighted by Gasteiger charge is -2.17. The molecule has 0 aromatic carbocycles. The van der Waals surface area contributed by atoms with Crippen LogP contribution in [0.5, 0.6) is 0 Å². The summed E-state index contributed by atoms with van der Waals surface area (Å²) in [4.78, 5) is 0. The van der Waals surface area contributed by atoms with Crippen molar-refractivity contribution in [2.45, 2.75) is 39.2 Å². The van der Waals surface area contributed by atoms with Gasteiger partial charge in [-0.2, -0.15) is 0 Å². The molecule has 0 aromatic heterocycles. The number of rotatable bonds is 3. The first kappa shape index (κ1) is 8.98. The average Bonchev–Trinajstić information content (AvgIpc) is 2.26.